The minimum absolute atomic E-state index is 0.000317. The van der Waals surface area contributed by atoms with E-state index in [-0.39, 0.29) is 27.6 Å². The van der Waals surface area contributed by atoms with Crippen LogP contribution in [0.25, 0.3) is 66.1 Å². The third-order valence-electron chi connectivity index (χ3n) is 17.7. The first-order valence-corrected chi connectivity index (χ1v) is 28.1. The molecule has 1 nitrogen and oxygen atoms in total. The van der Waals surface area contributed by atoms with Crippen molar-refractivity contribution < 1.29 is 0 Å². The van der Waals surface area contributed by atoms with Crippen LogP contribution in [0.3, 0.4) is 0 Å². The van der Waals surface area contributed by atoms with Crippen molar-refractivity contribution >= 4 is 38.6 Å². The van der Waals surface area contributed by atoms with E-state index in [0.29, 0.717) is 0 Å². The van der Waals surface area contributed by atoms with Crippen molar-refractivity contribution in [3.63, 3.8) is 0 Å². The second kappa shape index (κ2) is 18.2. The lowest BCUT2D eigenvalue weighted by atomic mass is 9.78. The molecule has 1 unspecified atom stereocenters. The van der Waals surface area contributed by atoms with Crippen molar-refractivity contribution in [1.29, 1.82) is 0 Å². The van der Waals surface area contributed by atoms with Crippen LogP contribution in [0.4, 0.5) is 17.1 Å². The Balaban J connectivity index is 1.14. The van der Waals surface area contributed by atoms with E-state index in [4.69, 9.17) is 0 Å². The van der Waals surface area contributed by atoms with Crippen LogP contribution >= 0.6 is 0 Å². The number of rotatable bonds is 8. The highest BCUT2D eigenvalue weighted by molar-refractivity contribution is 6.22. The smallest absolute Gasteiger partial charge is 0.0468 e. The Kier molecular flexibility index (Phi) is 11.5. The Hall–Kier alpha value is -8.26. The molecule has 0 heterocycles. The predicted octanol–water partition coefficient (Wildman–Crippen LogP) is 21.2. The normalized spacial score (nSPS) is 14.4. The van der Waals surface area contributed by atoms with Crippen LogP contribution in [0, 0.1) is 0 Å². The first-order valence-electron chi connectivity index (χ1n) is 28.1. The fourth-order valence-corrected chi connectivity index (χ4v) is 13.4. The molecule has 0 spiro atoms. The Morgan fingerprint density at radius 2 is 0.705 bits per heavy atom. The summed E-state index contributed by atoms with van der Waals surface area (Å²) in [6, 6.07) is 88.2. The van der Waals surface area contributed by atoms with Gasteiger partial charge in [0.2, 0.25) is 0 Å². The largest absolute Gasteiger partial charge is 0.310 e. The van der Waals surface area contributed by atoms with Crippen LogP contribution in [0.15, 0.2) is 231 Å². The van der Waals surface area contributed by atoms with Crippen LogP contribution in [0.2, 0.25) is 0 Å². The van der Waals surface area contributed by atoms with Gasteiger partial charge in [-0.25, -0.2) is 0 Å². The van der Waals surface area contributed by atoms with E-state index in [9.17, 15) is 0 Å². The van der Waals surface area contributed by atoms with Crippen molar-refractivity contribution in [2.24, 2.45) is 0 Å². The van der Waals surface area contributed by atoms with Crippen molar-refractivity contribution in [3.05, 3.63) is 281 Å². The van der Waals surface area contributed by atoms with E-state index in [1.165, 1.54) is 116 Å². The molecule has 0 N–H and O–H groups in total. The number of nitrogens with zero attached hydrogens (tertiary/aromatic N) is 1. The van der Waals surface area contributed by atoms with Gasteiger partial charge >= 0.3 is 0 Å². The first-order chi connectivity index (χ1) is 37.5. The number of para-hydroxylation sites is 1. The molecule has 0 aliphatic heterocycles. The maximum absolute atomic E-state index is 2.57. The van der Waals surface area contributed by atoms with Crippen molar-refractivity contribution in [1.82, 2.24) is 0 Å². The van der Waals surface area contributed by atoms with Gasteiger partial charge in [0, 0.05) is 33.8 Å². The second-order valence-corrected chi connectivity index (χ2v) is 25.3. The Bertz CT molecular complexity index is 3960. The summed E-state index contributed by atoms with van der Waals surface area (Å²) in [4.78, 5) is 2.44. The summed E-state index contributed by atoms with van der Waals surface area (Å²) in [5, 5.41) is 4.95. The Morgan fingerprint density at radius 3 is 1.24 bits per heavy atom. The van der Waals surface area contributed by atoms with Gasteiger partial charge in [-0.2, -0.15) is 0 Å². The van der Waals surface area contributed by atoms with Gasteiger partial charge in [0.05, 0.1) is 0 Å². The molecule has 0 saturated heterocycles. The summed E-state index contributed by atoms with van der Waals surface area (Å²) < 4.78 is 0. The Morgan fingerprint density at radius 1 is 0.308 bits per heavy atom. The van der Waals surface area contributed by atoms with Crippen LogP contribution in [0.1, 0.15) is 125 Å². The van der Waals surface area contributed by atoms with Crippen molar-refractivity contribution in [3.8, 4) is 44.5 Å². The van der Waals surface area contributed by atoms with Crippen LogP contribution in [0.5, 0.6) is 0 Å². The molecule has 2 aliphatic carbocycles. The highest BCUT2D eigenvalue weighted by Crippen LogP contribution is 2.55. The summed E-state index contributed by atoms with van der Waals surface area (Å²) in [6.07, 6.45) is 0. The minimum Gasteiger partial charge on any atom is -0.310 e. The van der Waals surface area contributed by atoms with Gasteiger partial charge in [-0.1, -0.05) is 245 Å². The lowest BCUT2D eigenvalue weighted by molar-refractivity contribution is 0.590. The van der Waals surface area contributed by atoms with Gasteiger partial charge in [0.25, 0.3) is 0 Å². The van der Waals surface area contributed by atoms with Crippen LogP contribution in [-0.2, 0) is 21.7 Å². The molecule has 78 heavy (non-hydrogen) atoms. The van der Waals surface area contributed by atoms with Gasteiger partial charge in [-0.15, -0.1) is 0 Å². The maximum atomic E-state index is 2.57. The molecule has 13 rings (SSSR count). The zero-order valence-corrected chi connectivity index (χ0v) is 47.0. The summed E-state index contributed by atoms with van der Waals surface area (Å²) >= 11 is 0. The standard InChI is InChI=1S/C77H69N/c1-74(2,3)54-34-29-50(30-35-54)71(49-21-13-11-14-22-49)51-33-43-63-65(45-51)73(53-32-42-62-60-26-18-20-28-68(60)77(9,10)70(62)47-53)66-48-58(78(56-23-15-12-16-24-56)57-38-36-55(37-39-57)75(4,5)6)40-44-64(66)72(63)52-31-41-61-59-25-17-19-27-67(59)76(7,8)69(61)46-52/h11-48,71H,1-10H3. The lowest BCUT2D eigenvalue weighted by Crippen LogP contribution is -2.15. The molecule has 1 heteroatoms. The third-order valence-corrected chi connectivity index (χ3v) is 17.7. The molecular weight excluding hydrogens is 939 g/mol. The van der Waals surface area contributed by atoms with Crippen molar-refractivity contribution in [2.75, 3.05) is 4.90 Å². The van der Waals surface area contributed by atoms with Crippen LogP contribution in [-0.4, -0.2) is 0 Å². The predicted molar refractivity (Wildman–Crippen MR) is 333 cm³/mol. The average Bonchev–Trinajstić information content (AvgIpc) is 4.02. The van der Waals surface area contributed by atoms with Gasteiger partial charge in [0.1, 0.15) is 0 Å². The van der Waals surface area contributed by atoms with Gasteiger partial charge in [0.15, 0.2) is 0 Å². The fourth-order valence-electron chi connectivity index (χ4n) is 13.4. The highest BCUT2D eigenvalue weighted by atomic mass is 15.1. The minimum atomic E-state index is -0.181. The monoisotopic (exact) mass is 1010 g/mol. The summed E-state index contributed by atoms with van der Waals surface area (Å²) in [5.41, 5.74) is 25.4. The first kappa shape index (κ1) is 49.3. The maximum Gasteiger partial charge on any atom is 0.0468 e. The zero-order chi connectivity index (χ0) is 53.9. The molecule has 2 aliphatic rings. The molecular formula is C77H69N. The van der Waals surface area contributed by atoms with E-state index < -0.39 is 0 Å². The molecule has 382 valence electrons. The number of hydrogen-bond acceptors (Lipinski definition) is 1. The molecule has 0 saturated carbocycles. The van der Waals surface area contributed by atoms with Gasteiger partial charge < -0.3 is 4.90 Å². The Labute approximate surface area is 462 Å². The van der Waals surface area contributed by atoms with Crippen LogP contribution < -0.4 is 4.90 Å². The summed E-state index contributed by atoms with van der Waals surface area (Å²) in [5.74, 6) is 0.000317. The van der Waals surface area contributed by atoms with E-state index in [1.54, 1.807) is 0 Å². The second-order valence-electron chi connectivity index (χ2n) is 25.3. The van der Waals surface area contributed by atoms with Crippen molar-refractivity contribution in [2.45, 2.75) is 96.8 Å². The molecule has 0 fully saturated rings. The van der Waals surface area contributed by atoms with E-state index in [2.05, 4.69) is 305 Å². The quantitative estimate of drug-likeness (QED) is 0.108. The lowest BCUT2D eigenvalue weighted by Gasteiger charge is -2.28. The molecule has 0 radical (unpaired) electrons. The van der Waals surface area contributed by atoms with Gasteiger partial charge in [-0.3, -0.25) is 0 Å². The molecule has 0 aromatic heterocycles. The molecule has 0 amide bonds. The number of hydrogen-bond donors (Lipinski definition) is 0. The zero-order valence-electron chi connectivity index (χ0n) is 47.0. The highest BCUT2D eigenvalue weighted by Gasteiger charge is 2.37. The summed E-state index contributed by atoms with van der Waals surface area (Å²) in [7, 11) is 0. The summed E-state index contributed by atoms with van der Waals surface area (Å²) in [6.45, 7) is 23.4. The van der Waals surface area contributed by atoms with E-state index in [0.717, 1.165) is 17.1 Å². The average molecular weight is 1010 g/mol. The molecule has 0 bridgehead atoms. The molecule has 11 aromatic rings. The molecule has 11 aromatic carbocycles. The SMILES string of the molecule is CC(C)(C)c1ccc(C(c2ccccc2)c2ccc3c(-c4ccc5c(c4)C(C)(C)c4ccccc4-5)c4ccc(N(c5ccccc5)c5ccc(C(C)(C)C)cc5)cc4c(-c4ccc5c(c4)C(C)(C)c4ccccc4-5)c3c2)cc1. The van der Waals surface area contributed by atoms with E-state index in [1.807, 2.05) is 0 Å². The molecule has 1 atom stereocenters. The fraction of sp³-hybridized carbons (Fsp3) is 0.195. The number of fused-ring (bicyclic) bond motifs is 8. The number of anilines is 3. The van der Waals surface area contributed by atoms with E-state index >= 15 is 0 Å². The topological polar surface area (TPSA) is 3.24 Å². The number of benzene rings is 11. The third kappa shape index (κ3) is 8.04. The van der Waals surface area contributed by atoms with Gasteiger partial charge in [-0.05, 0) is 182 Å².